The second-order valence-corrected chi connectivity index (χ2v) is 6.17. The van der Waals surface area contributed by atoms with Gasteiger partial charge in [0.1, 0.15) is 5.75 Å². The number of nitrogens with one attached hydrogen (secondary N) is 2. The van der Waals surface area contributed by atoms with Crippen molar-refractivity contribution in [1.29, 1.82) is 0 Å². The molecular weight excluding hydrogens is 370 g/mol. The Labute approximate surface area is 147 Å². The standard InChI is InChI=1S/C18H16BrN3O2/c1-11-15(13-5-3-4-6-16(13)21-11)10-20-22-18(23)14-9-12(19)7-8-17(14)24-2/h3-10,21H,1-2H3,(H,22,23)/b20-10-. The summed E-state index contributed by atoms with van der Waals surface area (Å²) < 4.78 is 6.01. The summed E-state index contributed by atoms with van der Waals surface area (Å²) in [6.07, 6.45) is 1.65. The third kappa shape index (κ3) is 3.19. The SMILES string of the molecule is COc1ccc(Br)cc1C(=O)N/N=C\c1c(C)[nH]c2ccccc12. The van der Waals surface area contributed by atoms with Crippen LogP contribution in [0.4, 0.5) is 0 Å². The monoisotopic (exact) mass is 385 g/mol. The molecule has 3 rings (SSSR count). The Kier molecular flexibility index (Phi) is 4.66. The number of aromatic nitrogens is 1. The second kappa shape index (κ2) is 6.88. The van der Waals surface area contributed by atoms with E-state index in [0.29, 0.717) is 11.3 Å². The molecule has 0 unspecified atom stereocenters. The molecule has 0 aliphatic heterocycles. The molecule has 6 heteroatoms. The second-order valence-electron chi connectivity index (χ2n) is 5.25. The highest BCUT2D eigenvalue weighted by Crippen LogP contribution is 2.23. The van der Waals surface area contributed by atoms with Crippen molar-refractivity contribution in [3.8, 4) is 5.75 Å². The van der Waals surface area contributed by atoms with Gasteiger partial charge in [-0.2, -0.15) is 5.10 Å². The number of aryl methyl sites for hydroxylation is 1. The van der Waals surface area contributed by atoms with Crippen molar-refractivity contribution in [3.63, 3.8) is 0 Å². The van der Waals surface area contributed by atoms with Crippen molar-refractivity contribution >= 4 is 39.0 Å². The summed E-state index contributed by atoms with van der Waals surface area (Å²) in [5, 5.41) is 5.15. The fraction of sp³-hybridized carbons (Fsp3) is 0.111. The van der Waals surface area contributed by atoms with Gasteiger partial charge >= 0.3 is 0 Å². The number of fused-ring (bicyclic) bond motifs is 1. The van der Waals surface area contributed by atoms with E-state index in [0.717, 1.165) is 26.6 Å². The number of benzene rings is 2. The van der Waals surface area contributed by atoms with Crippen LogP contribution in [0.25, 0.3) is 10.9 Å². The Bertz CT molecular complexity index is 931. The Morgan fingerprint density at radius 1 is 1.29 bits per heavy atom. The summed E-state index contributed by atoms with van der Waals surface area (Å²) in [5.74, 6) is 0.163. The lowest BCUT2D eigenvalue weighted by atomic mass is 10.1. The maximum atomic E-state index is 12.3. The molecule has 0 atom stereocenters. The molecular formula is C18H16BrN3O2. The summed E-state index contributed by atoms with van der Waals surface area (Å²) >= 11 is 3.35. The molecule has 0 aliphatic rings. The summed E-state index contributed by atoms with van der Waals surface area (Å²) in [6.45, 7) is 1.97. The Morgan fingerprint density at radius 3 is 2.88 bits per heavy atom. The first-order valence-corrected chi connectivity index (χ1v) is 8.13. The molecule has 0 saturated carbocycles. The Morgan fingerprint density at radius 2 is 2.08 bits per heavy atom. The van der Waals surface area contributed by atoms with Crippen molar-refractivity contribution in [3.05, 3.63) is 63.8 Å². The number of aromatic amines is 1. The number of ether oxygens (including phenoxy) is 1. The summed E-state index contributed by atoms with van der Waals surface area (Å²) in [4.78, 5) is 15.6. The van der Waals surface area contributed by atoms with Crippen LogP contribution in [-0.4, -0.2) is 24.2 Å². The van der Waals surface area contributed by atoms with E-state index in [1.807, 2.05) is 37.3 Å². The highest BCUT2D eigenvalue weighted by Gasteiger charge is 2.12. The van der Waals surface area contributed by atoms with Gasteiger partial charge in [0.25, 0.3) is 5.91 Å². The fourth-order valence-electron chi connectivity index (χ4n) is 2.54. The third-order valence-corrected chi connectivity index (χ3v) is 4.20. The zero-order valence-corrected chi connectivity index (χ0v) is 14.8. The molecule has 122 valence electrons. The van der Waals surface area contributed by atoms with Crippen LogP contribution in [0.3, 0.4) is 0 Å². The number of halogens is 1. The molecule has 5 nitrogen and oxygen atoms in total. The first-order chi connectivity index (χ1) is 11.6. The number of H-pyrrole nitrogens is 1. The van der Waals surface area contributed by atoms with Gasteiger partial charge in [-0.15, -0.1) is 0 Å². The first kappa shape index (κ1) is 16.3. The van der Waals surface area contributed by atoms with Gasteiger partial charge in [0.15, 0.2) is 0 Å². The van der Waals surface area contributed by atoms with Crippen molar-refractivity contribution in [1.82, 2.24) is 10.4 Å². The minimum Gasteiger partial charge on any atom is -0.496 e. The lowest BCUT2D eigenvalue weighted by Crippen LogP contribution is -2.18. The summed E-state index contributed by atoms with van der Waals surface area (Å²) in [5.41, 5.74) is 5.95. The molecule has 24 heavy (non-hydrogen) atoms. The number of hydrogen-bond acceptors (Lipinski definition) is 3. The molecule has 0 fully saturated rings. The van der Waals surface area contributed by atoms with E-state index in [9.17, 15) is 4.79 Å². The molecule has 1 amide bonds. The van der Waals surface area contributed by atoms with Crippen LogP contribution in [0.1, 0.15) is 21.6 Å². The molecule has 0 radical (unpaired) electrons. The van der Waals surface area contributed by atoms with Gasteiger partial charge in [-0.3, -0.25) is 4.79 Å². The first-order valence-electron chi connectivity index (χ1n) is 7.34. The van der Waals surface area contributed by atoms with Crippen molar-refractivity contribution in [2.75, 3.05) is 7.11 Å². The van der Waals surface area contributed by atoms with Gasteiger partial charge in [-0.25, -0.2) is 5.43 Å². The van der Waals surface area contributed by atoms with Crippen LogP contribution in [0.5, 0.6) is 5.75 Å². The number of amides is 1. The summed E-state index contributed by atoms with van der Waals surface area (Å²) in [6, 6.07) is 13.2. The van der Waals surface area contributed by atoms with Crippen LogP contribution in [-0.2, 0) is 0 Å². The van der Waals surface area contributed by atoms with Crippen LogP contribution in [0.15, 0.2) is 52.0 Å². The predicted octanol–water partition coefficient (Wildman–Crippen LogP) is 4.01. The minimum absolute atomic E-state index is 0.332. The topological polar surface area (TPSA) is 66.5 Å². The quantitative estimate of drug-likeness (QED) is 0.526. The van der Waals surface area contributed by atoms with Gasteiger partial charge in [-0.05, 0) is 31.2 Å². The van der Waals surface area contributed by atoms with Crippen LogP contribution < -0.4 is 10.2 Å². The molecule has 3 aromatic rings. The van der Waals surface area contributed by atoms with Crippen molar-refractivity contribution in [2.45, 2.75) is 6.92 Å². The van der Waals surface area contributed by atoms with E-state index in [4.69, 9.17) is 4.74 Å². The Balaban J connectivity index is 1.82. The smallest absolute Gasteiger partial charge is 0.275 e. The van der Waals surface area contributed by atoms with Gasteiger partial charge in [-0.1, -0.05) is 34.1 Å². The number of carbonyl (C=O) groups excluding carboxylic acids is 1. The average molecular weight is 386 g/mol. The molecule has 0 saturated heterocycles. The molecule has 1 aromatic heterocycles. The third-order valence-electron chi connectivity index (χ3n) is 3.71. The van der Waals surface area contributed by atoms with Gasteiger partial charge in [0.05, 0.1) is 18.9 Å². The largest absolute Gasteiger partial charge is 0.496 e. The highest BCUT2D eigenvalue weighted by atomic mass is 79.9. The van der Waals surface area contributed by atoms with E-state index in [-0.39, 0.29) is 5.91 Å². The predicted molar refractivity (Wildman–Crippen MR) is 98.8 cm³/mol. The number of hydrazone groups is 1. The van der Waals surface area contributed by atoms with Gasteiger partial charge in [0, 0.05) is 26.6 Å². The summed E-state index contributed by atoms with van der Waals surface area (Å²) in [7, 11) is 1.53. The Hall–Kier alpha value is -2.60. The van der Waals surface area contributed by atoms with E-state index < -0.39 is 0 Å². The number of rotatable bonds is 4. The van der Waals surface area contributed by atoms with Crippen LogP contribution in [0, 0.1) is 6.92 Å². The number of para-hydroxylation sites is 1. The number of carbonyl (C=O) groups is 1. The average Bonchev–Trinajstić information content (AvgIpc) is 2.90. The minimum atomic E-state index is -0.332. The fourth-order valence-corrected chi connectivity index (χ4v) is 2.90. The molecule has 0 aliphatic carbocycles. The van der Waals surface area contributed by atoms with Crippen molar-refractivity contribution < 1.29 is 9.53 Å². The van der Waals surface area contributed by atoms with E-state index >= 15 is 0 Å². The van der Waals surface area contributed by atoms with Crippen LogP contribution in [0.2, 0.25) is 0 Å². The zero-order chi connectivity index (χ0) is 17.1. The maximum absolute atomic E-state index is 12.3. The highest BCUT2D eigenvalue weighted by molar-refractivity contribution is 9.10. The van der Waals surface area contributed by atoms with Gasteiger partial charge < -0.3 is 9.72 Å². The van der Waals surface area contributed by atoms with E-state index in [1.54, 1.807) is 18.3 Å². The number of hydrogen-bond donors (Lipinski definition) is 2. The number of nitrogens with zero attached hydrogens (tertiary/aromatic N) is 1. The molecule has 0 spiro atoms. The molecule has 0 bridgehead atoms. The lowest BCUT2D eigenvalue weighted by molar-refractivity contribution is 0.0952. The maximum Gasteiger partial charge on any atom is 0.275 e. The normalized spacial score (nSPS) is 11.1. The molecule has 1 heterocycles. The van der Waals surface area contributed by atoms with Crippen LogP contribution >= 0.6 is 15.9 Å². The molecule has 2 aromatic carbocycles. The zero-order valence-electron chi connectivity index (χ0n) is 13.3. The van der Waals surface area contributed by atoms with Gasteiger partial charge in [0.2, 0.25) is 0 Å². The lowest BCUT2D eigenvalue weighted by Gasteiger charge is -2.07. The van der Waals surface area contributed by atoms with E-state index in [1.165, 1.54) is 7.11 Å². The van der Waals surface area contributed by atoms with Crippen molar-refractivity contribution in [2.24, 2.45) is 5.10 Å². The van der Waals surface area contributed by atoms with E-state index in [2.05, 4.69) is 31.4 Å². The number of methoxy groups -OCH3 is 1. The molecule has 2 N–H and O–H groups in total.